The normalized spacial score (nSPS) is 19.0. The van der Waals surface area contributed by atoms with Crippen LogP contribution in [0.1, 0.15) is 35.0 Å². The van der Waals surface area contributed by atoms with E-state index in [1.807, 2.05) is 37.3 Å². The average molecular weight is 558 g/mol. The molecule has 8 heteroatoms. The molecule has 6 nitrogen and oxygen atoms in total. The summed E-state index contributed by atoms with van der Waals surface area (Å²) in [5.74, 6) is 2.48. The van der Waals surface area contributed by atoms with Crippen LogP contribution in [0.15, 0.2) is 84.0 Å². The van der Waals surface area contributed by atoms with Crippen molar-refractivity contribution in [3.63, 3.8) is 0 Å². The Hall–Kier alpha value is -3.33. The van der Waals surface area contributed by atoms with Gasteiger partial charge in [-0.05, 0) is 62.1 Å². The van der Waals surface area contributed by atoms with Gasteiger partial charge >= 0.3 is 0 Å². The van der Waals surface area contributed by atoms with Crippen molar-refractivity contribution in [3.8, 4) is 11.5 Å². The van der Waals surface area contributed by atoms with Crippen LogP contribution in [0.4, 0.5) is 0 Å². The van der Waals surface area contributed by atoms with E-state index in [9.17, 15) is 0 Å². The molecule has 6 rings (SSSR count). The second kappa shape index (κ2) is 11.4. The third-order valence-electron chi connectivity index (χ3n) is 6.88. The molecule has 3 heterocycles. The van der Waals surface area contributed by atoms with Gasteiger partial charge in [0.1, 0.15) is 42.1 Å². The number of hydrogen-bond donors (Lipinski definition) is 0. The minimum atomic E-state index is -0.256. The van der Waals surface area contributed by atoms with E-state index in [4.69, 9.17) is 19.2 Å². The highest BCUT2D eigenvalue weighted by molar-refractivity contribution is 7.98. The summed E-state index contributed by atoms with van der Waals surface area (Å²) in [6, 6.07) is 26.7. The van der Waals surface area contributed by atoms with Crippen LogP contribution in [0.5, 0.6) is 11.5 Å². The molecule has 3 atom stereocenters. The van der Waals surface area contributed by atoms with Crippen molar-refractivity contribution in [2.45, 2.75) is 56.5 Å². The van der Waals surface area contributed by atoms with Crippen molar-refractivity contribution in [2.24, 2.45) is 0 Å². The molecule has 0 saturated carbocycles. The Balaban J connectivity index is 1.28. The van der Waals surface area contributed by atoms with Crippen molar-refractivity contribution in [1.82, 2.24) is 13.9 Å². The topological polar surface area (TPSA) is 58.4 Å². The van der Waals surface area contributed by atoms with Crippen LogP contribution >= 0.6 is 23.3 Å². The van der Waals surface area contributed by atoms with Crippen molar-refractivity contribution in [3.05, 3.63) is 101 Å². The highest BCUT2D eigenvalue weighted by Gasteiger charge is 2.40. The fourth-order valence-electron chi connectivity index (χ4n) is 4.77. The first-order chi connectivity index (χ1) is 19.0. The summed E-state index contributed by atoms with van der Waals surface area (Å²) in [7, 11) is 0. The van der Waals surface area contributed by atoms with E-state index in [2.05, 4.69) is 71.3 Å². The monoisotopic (exact) mass is 557 g/mol. The van der Waals surface area contributed by atoms with Gasteiger partial charge in [0.05, 0.1) is 5.69 Å². The lowest BCUT2D eigenvalue weighted by Crippen LogP contribution is -2.32. The Kier molecular flexibility index (Phi) is 7.59. The van der Waals surface area contributed by atoms with Crippen LogP contribution in [0.3, 0.4) is 0 Å². The summed E-state index contributed by atoms with van der Waals surface area (Å²) in [5.41, 5.74) is 5.66. The molecule has 0 spiro atoms. The van der Waals surface area contributed by atoms with Crippen LogP contribution in [-0.4, -0.2) is 32.7 Å². The molecule has 0 radical (unpaired) electrons. The first kappa shape index (κ1) is 25.9. The summed E-state index contributed by atoms with van der Waals surface area (Å²) in [5, 5.41) is 0.935. The van der Waals surface area contributed by atoms with Gasteiger partial charge in [0.25, 0.3) is 0 Å². The van der Waals surface area contributed by atoms with Gasteiger partial charge in [0.2, 0.25) is 0 Å². The second-order valence-corrected chi connectivity index (χ2v) is 11.6. The maximum absolute atomic E-state index is 6.72. The van der Waals surface area contributed by atoms with Gasteiger partial charge in [-0.15, -0.1) is 0 Å². The number of benzene rings is 3. The number of hydrogen-bond acceptors (Lipinski definition) is 7. The van der Waals surface area contributed by atoms with Crippen molar-refractivity contribution in [1.29, 1.82) is 0 Å². The number of thioether (sulfide) groups is 1. The number of imidazole rings is 1. The molecule has 1 fully saturated rings. The molecule has 39 heavy (non-hydrogen) atoms. The maximum Gasteiger partial charge on any atom is 0.172 e. The second-order valence-electron chi connectivity index (χ2n) is 9.92. The summed E-state index contributed by atoms with van der Waals surface area (Å²) in [6.07, 6.45) is -0.00559. The smallest absolute Gasteiger partial charge is 0.172 e. The molecule has 5 aromatic rings. The van der Waals surface area contributed by atoms with E-state index in [0.717, 1.165) is 38.4 Å². The molecule has 0 bridgehead atoms. The number of ether oxygens (including phenoxy) is 3. The first-order valence-corrected chi connectivity index (χ1v) is 14.9. The lowest BCUT2D eigenvalue weighted by atomic mass is 10.1. The van der Waals surface area contributed by atoms with E-state index < -0.39 is 0 Å². The number of nitrogens with zero attached hydrogens (tertiary/aromatic N) is 3. The van der Waals surface area contributed by atoms with Crippen LogP contribution in [0, 0.1) is 20.8 Å². The third-order valence-corrected chi connectivity index (χ3v) is 8.73. The maximum atomic E-state index is 6.72. The van der Waals surface area contributed by atoms with Crippen LogP contribution < -0.4 is 9.47 Å². The standard InChI is InChI=1S/C31H31N3O3S2/c1-20-9-13-24(14-10-20)35-18-27-26(36-25-15-11-21(2)12-16-25)17-28(37-27)34-29-22(3)33-39-30(29)32-31(34)38-19-23-7-5-4-6-8-23/h4-16,26-28H,17-19H2,1-3H3/t26-,27+,28+/m0/s1. The number of fused-ring (bicyclic) bond motifs is 1. The first-order valence-electron chi connectivity index (χ1n) is 13.1. The molecule has 3 aromatic carbocycles. The average Bonchev–Trinajstić information content (AvgIpc) is 3.63. The van der Waals surface area contributed by atoms with Crippen molar-refractivity contribution >= 4 is 33.6 Å². The predicted octanol–water partition coefficient (Wildman–Crippen LogP) is 7.52. The molecule has 200 valence electrons. The fourth-order valence-corrected chi connectivity index (χ4v) is 6.59. The van der Waals surface area contributed by atoms with E-state index in [0.29, 0.717) is 13.0 Å². The largest absolute Gasteiger partial charge is 0.491 e. The predicted molar refractivity (Wildman–Crippen MR) is 157 cm³/mol. The van der Waals surface area contributed by atoms with Gasteiger partial charge in [-0.1, -0.05) is 77.5 Å². The fraction of sp³-hybridized carbons (Fsp3) is 0.290. The Bertz CT molecular complexity index is 1530. The van der Waals surface area contributed by atoms with Crippen LogP contribution in [0.2, 0.25) is 0 Å². The summed E-state index contributed by atoms with van der Waals surface area (Å²) in [4.78, 5) is 5.90. The zero-order valence-electron chi connectivity index (χ0n) is 22.2. The van der Waals surface area contributed by atoms with Gasteiger partial charge < -0.3 is 14.2 Å². The minimum Gasteiger partial charge on any atom is -0.491 e. The molecule has 2 aromatic heterocycles. The lowest BCUT2D eigenvalue weighted by molar-refractivity contribution is -0.0369. The zero-order valence-corrected chi connectivity index (χ0v) is 23.9. The van der Waals surface area contributed by atoms with Gasteiger partial charge in [0, 0.05) is 12.2 Å². The Labute approximate surface area is 237 Å². The molecule has 1 aliphatic heterocycles. The minimum absolute atomic E-state index is 0.181. The molecule has 0 N–H and O–H groups in total. The quantitative estimate of drug-likeness (QED) is 0.175. The van der Waals surface area contributed by atoms with E-state index in [-0.39, 0.29) is 18.4 Å². The molecule has 0 aliphatic carbocycles. The molecule has 1 aliphatic rings. The molecular formula is C31H31N3O3S2. The molecule has 1 saturated heterocycles. The highest BCUT2D eigenvalue weighted by atomic mass is 32.2. The Morgan fingerprint density at radius 1 is 0.923 bits per heavy atom. The molecular weight excluding hydrogens is 526 g/mol. The molecule has 0 unspecified atom stereocenters. The SMILES string of the molecule is Cc1ccc(OC[C@H]2O[C@@H](n3c(SCc4ccccc4)nc4snc(C)c43)C[C@@H]2Oc2ccc(C)cc2)cc1. The van der Waals surface area contributed by atoms with Gasteiger partial charge in [-0.25, -0.2) is 4.98 Å². The summed E-state index contributed by atoms with van der Waals surface area (Å²) in [6.45, 7) is 6.57. The van der Waals surface area contributed by atoms with E-state index in [1.165, 1.54) is 28.2 Å². The van der Waals surface area contributed by atoms with Gasteiger partial charge in [-0.3, -0.25) is 4.57 Å². The zero-order chi connectivity index (χ0) is 26.8. The summed E-state index contributed by atoms with van der Waals surface area (Å²) >= 11 is 3.16. The third kappa shape index (κ3) is 5.83. The van der Waals surface area contributed by atoms with Gasteiger partial charge in [0.15, 0.2) is 9.99 Å². The number of aryl methyl sites for hydroxylation is 3. The van der Waals surface area contributed by atoms with Crippen LogP contribution in [-0.2, 0) is 10.5 Å². The Morgan fingerprint density at radius 3 is 2.33 bits per heavy atom. The van der Waals surface area contributed by atoms with E-state index in [1.54, 1.807) is 11.8 Å². The van der Waals surface area contributed by atoms with Crippen molar-refractivity contribution in [2.75, 3.05) is 6.61 Å². The van der Waals surface area contributed by atoms with E-state index >= 15 is 0 Å². The number of rotatable bonds is 9. The number of aromatic nitrogens is 3. The summed E-state index contributed by atoms with van der Waals surface area (Å²) < 4.78 is 26.2. The van der Waals surface area contributed by atoms with Gasteiger partial charge in [-0.2, -0.15) is 4.37 Å². The van der Waals surface area contributed by atoms with Crippen LogP contribution in [0.25, 0.3) is 10.3 Å². The van der Waals surface area contributed by atoms with Crippen molar-refractivity contribution < 1.29 is 14.2 Å². The lowest BCUT2D eigenvalue weighted by Gasteiger charge is -2.20. The highest BCUT2D eigenvalue weighted by Crippen LogP contribution is 2.40. The Morgan fingerprint density at radius 2 is 1.62 bits per heavy atom. The molecule has 0 amide bonds.